The number of likely N-dealkylation sites (N-methyl/N-ethyl adjacent to an activating group) is 1. The summed E-state index contributed by atoms with van der Waals surface area (Å²) < 4.78 is 14.2. The van der Waals surface area contributed by atoms with Crippen LogP contribution in [0.1, 0.15) is 6.92 Å². The monoisotopic (exact) mass is 398 g/mol. The third-order valence-electron chi connectivity index (χ3n) is 5.05. The van der Waals surface area contributed by atoms with E-state index in [2.05, 4.69) is 14.8 Å². The van der Waals surface area contributed by atoms with Crippen LogP contribution in [0.4, 0.5) is 15.2 Å². The van der Waals surface area contributed by atoms with E-state index in [0.717, 1.165) is 47.2 Å². The molecule has 1 amide bonds. The molecule has 0 bridgehead atoms. The third-order valence-corrected chi connectivity index (χ3v) is 6.11. The molecule has 1 saturated heterocycles. The maximum atomic E-state index is 13.1. The van der Waals surface area contributed by atoms with Crippen LogP contribution in [0.25, 0.3) is 10.2 Å². The van der Waals surface area contributed by atoms with Gasteiger partial charge in [-0.05, 0) is 43.3 Å². The van der Waals surface area contributed by atoms with Gasteiger partial charge in [0.05, 0.1) is 16.8 Å². The van der Waals surface area contributed by atoms with Crippen molar-refractivity contribution in [3.05, 3.63) is 54.3 Å². The van der Waals surface area contributed by atoms with Gasteiger partial charge in [-0.3, -0.25) is 14.6 Å². The maximum absolute atomic E-state index is 13.1. The van der Waals surface area contributed by atoms with E-state index >= 15 is 0 Å². The van der Waals surface area contributed by atoms with Crippen molar-refractivity contribution in [1.82, 2.24) is 9.88 Å². The first-order valence-electron chi connectivity index (χ1n) is 9.53. The Morgan fingerprint density at radius 1 is 1.11 bits per heavy atom. The first-order valence-corrected chi connectivity index (χ1v) is 10.3. The highest BCUT2D eigenvalue weighted by molar-refractivity contribution is 7.22. The zero-order valence-electron chi connectivity index (χ0n) is 15.8. The van der Waals surface area contributed by atoms with E-state index < -0.39 is 0 Å². The minimum atomic E-state index is -0.220. The molecule has 2 heterocycles. The summed E-state index contributed by atoms with van der Waals surface area (Å²) in [6.07, 6.45) is 0. The summed E-state index contributed by atoms with van der Waals surface area (Å²) in [7, 11) is 0. The lowest BCUT2D eigenvalue weighted by Gasteiger charge is -2.36. The molecule has 0 atom stereocenters. The van der Waals surface area contributed by atoms with Crippen LogP contribution in [0.2, 0.25) is 0 Å². The quantitative estimate of drug-likeness (QED) is 0.658. The summed E-state index contributed by atoms with van der Waals surface area (Å²) >= 11 is 1.56. The van der Waals surface area contributed by atoms with Crippen LogP contribution in [-0.2, 0) is 4.79 Å². The minimum Gasteiger partial charge on any atom is -0.369 e. The molecular formula is C21H23FN4OS. The molecule has 2 aromatic carbocycles. The summed E-state index contributed by atoms with van der Waals surface area (Å²) in [5, 5.41) is 0.763. The van der Waals surface area contributed by atoms with Crippen molar-refractivity contribution >= 4 is 38.3 Å². The van der Waals surface area contributed by atoms with E-state index in [1.807, 2.05) is 43.3 Å². The molecule has 0 aliphatic carbocycles. The fourth-order valence-corrected chi connectivity index (χ4v) is 4.53. The SMILES string of the molecule is CCN(C(=O)CN1CCN(c2ccc(F)cc2)CC1)c1nc2ccccc2s1. The van der Waals surface area contributed by atoms with Gasteiger partial charge in [-0.1, -0.05) is 23.5 Å². The lowest BCUT2D eigenvalue weighted by molar-refractivity contribution is -0.119. The van der Waals surface area contributed by atoms with Crippen LogP contribution < -0.4 is 9.80 Å². The average molecular weight is 399 g/mol. The highest BCUT2D eigenvalue weighted by Gasteiger charge is 2.23. The number of benzene rings is 2. The van der Waals surface area contributed by atoms with Gasteiger partial charge in [-0.15, -0.1) is 0 Å². The zero-order chi connectivity index (χ0) is 19.5. The summed E-state index contributed by atoms with van der Waals surface area (Å²) in [5.41, 5.74) is 1.96. The number of thiazole rings is 1. The van der Waals surface area contributed by atoms with E-state index in [0.29, 0.717) is 13.1 Å². The molecule has 1 aromatic heterocycles. The smallest absolute Gasteiger partial charge is 0.242 e. The number of hydrogen-bond acceptors (Lipinski definition) is 5. The van der Waals surface area contributed by atoms with E-state index in [1.165, 1.54) is 12.1 Å². The Kier molecular flexibility index (Phi) is 5.54. The van der Waals surface area contributed by atoms with E-state index in [1.54, 1.807) is 16.2 Å². The molecule has 7 heteroatoms. The third kappa shape index (κ3) is 4.00. The Balaban J connectivity index is 1.37. The number of rotatable bonds is 5. The van der Waals surface area contributed by atoms with Crippen LogP contribution in [0.15, 0.2) is 48.5 Å². The predicted octanol–water partition coefficient (Wildman–Crippen LogP) is 3.61. The van der Waals surface area contributed by atoms with E-state index in [-0.39, 0.29) is 11.7 Å². The number of fused-ring (bicyclic) bond motifs is 1. The van der Waals surface area contributed by atoms with Gasteiger partial charge in [-0.25, -0.2) is 9.37 Å². The van der Waals surface area contributed by atoms with Crippen LogP contribution >= 0.6 is 11.3 Å². The normalized spacial score (nSPS) is 15.1. The number of anilines is 2. The molecule has 28 heavy (non-hydrogen) atoms. The van der Waals surface area contributed by atoms with Gasteiger partial charge < -0.3 is 4.90 Å². The molecule has 146 valence electrons. The number of aromatic nitrogens is 1. The number of piperazine rings is 1. The number of para-hydroxylation sites is 1. The van der Waals surface area contributed by atoms with Gasteiger partial charge in [-0.2, -0.15) is 0 Å². The molecule has 0 radical (unpaired) electrons. The van der Waals surface area contributed by atoms with Crippen molar-refractivity contribution in [2.24, 2.45) is 0 Å². The Hall–Kier alpha value is -2.51. The second-order valence-corrected chi connectivity index (χ2v) is 7.85. The molecular weight excluding hydrogens is 375 g/mol. The Bertz CT molecular complexity index is 917. The van der Waals surface area contributed by atoms with Gasteiger partial charge in [0.25, 0.3) is 0 Å². The Morgan fingerprint density at radius 3 is 2.50 bits per heavy atom. The van der Waals surface area contributed by atoms with Crippen molar-refractivity contribution in [3.63, 3.8) is 0 Å². The number of amides is 1. The second-order valence-electron chi connectivity index (χ2n) is 6.84. The topological polar surface area (TPSA) is 39.7 Å². The van der Waals surface area contributed by atoms with Gasteiger partial charge in [0.15, 0.2) is 5.13 Å². The molecule has 1 aliphatic heterocycles. The van der Waals surface area contributed by atoms with Gasteiger partial charge in [0.2, 0.25) is 5.91 Å². The van der Waals surface area contributed by atoms with Crippen LogP contribution in [0.5, 0.6) is 0 Å². The van der Waals surface area contributed by atoms with Crippen LogP contribution in [-0.4, -0.2) is 55.1 Å². The standard InChI is InChI=1S/C21H23FN4OS/c1-2-26(21-23-18-5-3-4-6-19(18)28-21)20(27)15-24-11-13-25(14-12-24)17-9-7-16(22)8-10-17/h3-10H,2,11-15H2,1H3. The van der Waals surface area contributed by atoms with Crippen LogP contribution in [0.3, 0.4) is 0 Å². The van der Waals surface area contributed by atoms with Gasteiger partial charge >= 0.3 is 0 Å². The highest BCUT2D eigenvalue weighted by Crippen LogP contribution is 2.28. The maximum Gasteiger partial charge on any atom is 0.242 e. The van der Waals surface area contributed by atoms with Crippen molar-refractivity contribution < 1.29 is 9.18 Å². The fourth-order valence-electron chi connectivity index (χ4n) is 3.49. The molecule has 5 nitrogen and oxygen atoms in total. The lowest BCUT2D eigenvalue weighted by atomic mass is 10.2. The second kappa shape index (κ2) is 8.24. The van der Waals surface area contributed by atoms with E-state index in [4.69, 9.17) is 0 Å². The molecule has 1 aliphatic rings. The lowest BCUT2D eigenvalue weighted by Crippen LogP contribution is -2.50. The van der Waals surface area contributed by atoms with Crippen molar-refractivity contribution in [2.75, 3.05) is 49.1 Å². The Morgan fingerprint density at radius 2 is 1.82 bits per heavy atom. The number of hydrogen-bond donors (Lipinski definition) is 0. The summed E-state index contributed by atoms with van der Waals surface area (Å²) in [4.78, 5) is 23.7. The molecule has 4 rings (SSSR count). The van der Waals surface area contributed by atoms with Gasteiger partial charge in [0.1, 0.15) is 5.82 Å². The average Bonchev–Trinajstić information content (AvgIpc) is 3.13. The number of nitrogens with zero attached hydrogens (tertiary/aromatic N) is 4. The van der Waals surface area contributed by atoms with Crippen molar-refractivity contribution in [2.45, 2.75) is 6.92 Å². The molecule has 0 N–H and O–H groups in total. The zero-order valence-corrected chi connectivity index (χ0v) is 16.7. The van der Waals surface area contributed by atoms with Crippen molar-refractivity contribution in [3.8, 4) is 0 Å². The molecule has 1 fully saturated rings. The predicted molar refractivity (Wildman–Crippen MR) is 113 cm³/mol. The molecule has 0 unspecified atom stereocenters. The van der Waals surface area contributed by atoms with Gasteiger partial charge in [0, 0.05) is 38.4 Å². The Labute approximate surface area is 168 Å². The number of carbonyl (C=O) groups is 1. The minimum absolute atomic E-state index is 0.0804. The molecule has 3 aromatic rings. The molecule has 0 spiro atoms. The van der Waals surface area contributed by atoms with Crippen molar-refractivity contribution in [1.29, 1.82) is 0 Å². The molecule has 0 saturated carbocycles. The van der Waals surface area contributed by atoms with E-state index in [9.17, 15) is 9.18 Å². The first-order chi connectivity index (χ1) is 13.6. The number of carbonyl (C=O) groups excluding carboxylic acids is 1. The summed E-state index contributed by atoms with van der Waals surface area (Å²) in [5.74, 6) is -0.140. The summed E-state index contributed by atoms with van der Waals surface area (Å²) in [6, 6.07) is 14.5. The number of halogens is 1. The fraction of sp³-hybridized carbons (Fsp3) is 0.333. The van der Waals surface area contributed by atoms with Crippen LogP contribution in [0, 0.1) is 5.82 Å². The summed E-state index contributed by atoms with van der Waals surface area (Å²) in [6.45, 7) is 6.24. The largest absolute Gasteiger partial charge is 0.369 e. The first kappa shape index (κ1) is 18.8. The highest BCUT2D eigenvalue weighted by atomic mass is 32.1.